The average Bonchev–Trinajstić information content (AvgIpc) is 3.14. The van der Waals surface area contributed by atoms with Crippen molar-refractivity contribution in [3.05, 3.63) is 33.9 Å². The molecular weight excluding hydrogens is 312 g/mol. The molecule has 2 saturated heterocycles. The Morgan fingerprint density at radius 1 is 1.29 bits per heavy atom. The van der Waals surface area contributed by atoms with Crippen LogP contribution >= 0.6 is 0 Å². The Morgan fingerprint density at radius 3 is 2.75 bits per heavy atom. The van der Waals surface area contributed by atoms with Crippen molar-refractivity contribution in [2.45, 2.75) is 38.2 Å². The third kappa shape index (κ3) is 3.84. The van der Waals surface area contributed by atoms with Crippen molar-refractivity contribution in [2.24, 2.45) is 0 Å². The van der Waals surface area contributed by atoms with Crippen molar-refractivity contribution < 1.29 is 19.2 Å². The average molecular weight is 334 g/mol. The summed E-state index contributed by atoms with van der Waals surface area (Å²) in [5, 5.41) is 11.0. The molecule has 1 aromatic carbocycles. The molecule has 0 aliphatic carbocycles. The van der Waals surface area contributed by atoms with Crippen molar-refractivity contribution >= 4 is 17.3 Å². The summed E-state index contributed by atoms with van der Waals surface area (Å²) in [6, 6.07) is 4.41. The van der Waals surface area contributed by atoms with Gasteiger partial charge in [-0.1, -0.05) is 0 Å². The van der Waals surface area contributed by atoms with Gasteiger partial charge in [0, 0.05) is 31.8 Å². The summed E-state index contributed by atoms with van der Waals surface area (Å²) in [5.41, 5.74) is 0.883. The highest BCUT2D eigenvalue weighted by atomic mass is 16.6. The molecule has 0 N–H and O–H groups in total. The van der Waals surface area contributed by atoms with E-state index in [-0.39, 0.29) is 24.0 Å². The summed E-state index contributed by atoms with van der Waals surface area (Å²) in [6.07, 6.45) is 5.02. The van der Waals surface area contributed by atoms with E-state index >= 15 is 0 Å². The number of benzene rings is 1. The van der Waals surface area contributed by atoms with Gasteiger partial charge < -0.3 is 14.4 Å². The fraction of sp³-hybridized carbons (Fsp3) is 0.588. The molecule has 0 spiro atoms. The number of esters is 1. The molecule has 2 heterocycles. The summed E-state index contributed by atoms with van der Waals surface area (Å²) >= 11 is 0. The first-order valence-electron chi connectivity index (χ1n) is 8.47. The second-order valence-corrected chi connectivity index (χ2v) is 6.24. The van der Waals surface area contributed by atoms with Gasteiger partial charge in [-0.05, 0) is 38.2 Å². The molecule has 7 nitrogen and oxygen atoms in total. The molecule has 7 heteroatoms. The van der Waals surface area contributed by atoms with E-state index in [9.17, 15) is 14.9 Å². The molecule has 1 aromatic rings. The smallest absolute Gasteiger partial charge is 0.340 e. The summed E-state index contributed by atoms with van der Waals surface area (Å²) < 4.78 is 10.9. The molecule has 0 aromatic heterocycles. The fourth-order valence-electron chi connectivity index (χ4n) is 3.22. The van der Waals surface area contributed by atoms with E-state index < -0.39 is 10.9 Å². The number of hydrogen-bond acceptors (Lipinski definition) is 6. The maximum absolute atomic E-state index is 12.5. The number of rotatable bonds is 5. The molecule has 1 atom stereocenters. The Kier molecular flexibility index (Phi) is 5.30. The molecule has 0 bridgehead atoms. The second kappa shape index (κ2) is 7.61. The number of carbonyl (C=O) groups is 1. The summed E-state index contributed by atoms with van der Waals surface area (Å²) in [4.78, 5) is 25.1. The highest BCUT2D eigenvalue weighted by Crippen LogP contribution is 2.29. The molecule has 130 valence electrons. The molecule has 3 rings (SSSR count). The number of ether oxygens (including phenoxy) is 2. The van der Waals surface area contributed by atoms with E-state index in [0.717, 1.165) is 45.2 Å². The van der Waals surface area contributed by atoms with Gasteiger partial charge in [0.25, 0.3) is 5.69 Å². The normalized spacial score (nSPS) is 20.8. The van der Waals surface area contributed by atoms with Crippen LogP contribution in [0.15, 0.2) is 18.2 Å². The lowest BCUT2D eigenvalue weighted by atomic mass is 10.1. The molecule has 0 radical (unpaired) electrons. The van der Waals surface area contributed by atoms with Crippen molar-refractivity contribution in [2.75, 3.05) is 31.2 Å². The zero-order valence-corrected chi connectivity index (χ0v) is 13.6. The van der Waals surface area contributed by atoms with Gasteiger partial charge in [-0.25, -0.2) is 4.79 Å². The first-order chi connectivity index (χ1) is 11.6. The van der Waals surface area contributed by atoms with Crippen LogP contribution in [0.1, 0.15) is 42.5 Å². The second-order valence-electron chi connectivity index (χ2n) is 6.24. The van der Waals surface area contributed by atoms with E-state index in [0.29, 0.717) is 12.3 Å². The highest BCUT2D eigenvalue weighted by molar-refractivity contribution is 5.96. The number of nitrogens with zero attached hydrogens (tertiary/aromatic N) is 2. The monoisotopic (exact) mass is 334 g/mol. The zero-order valence-electron chi connectivity index (χ0n) is 13.6. The number of anilines is 1. The molecule has 0 amide bonds. The molecular formula is C17H22N2O5. The van der Waals surface area contributed by atoms with Crippen molar-refractivity contribution in [3.63, 3.8) is 0 Å². The van der Waals surface area contributed by atoms with Crippen molar-refractivity contribution in [3.8, 4) is 0 Å². The predicted molar refractivity (Wildman–Crippen MR) is 88.4 cm³/mol. The van der Waals surface area contributed by atoms with Crippen LogP contribution in [0, 0.1) is 10.1 Å². The summed E-state index contributed by atoms with van der Waals surface area (Å²) in [5.74, 6) is -0.519. The minimum Gasteiger partial charge on any atom is -0.459 e. The predicted octanol–water partition coefficient (Wildman–Crippen LogP) is 2.92. The molecule has 0 unspecified atom stereocenters. The quantitative estimate of drug-likeness (QED) is 0.468. The van der Waals surface area contributed by atoms with Crippen LogP contribution in [0.25, 0.3) is 0 Å². The van der Waals surface area contributed by atoms with Crippen LogP contribution in [0.2, 0.25) is 0 Å². The maximum Gasteiger partial charge on any atom is 0.340 e. The van der Waals surface area contributed by atoms with Gasteiger partial charge in [-0.15, -0.1) is 0 Å². The molecule has 0 saturated carbocycles. The van der Waals surface area contributed by atoms with Crippen LogP contribution in [-0.2, 0) is 9.47 Å². The van der Waals surface area contributed by atoms with Crippen LogP contribution in [0.5, 0.6) is 0 Å². The maximum atomic E-state index is 12.5. The first kappa shape index (κ1) is 16.7. The first-order valence-corrected chi connectivity index (χ1v) is 8.47. The third-order valence-electron chi connectivity index (χ3n) is 4.53. The highest BCUT2D eigenvalue weighted by Gasteiger charge is 2.24. The SMILES string of the molecule is O=C(OC[C@H]1CCCCO1)c1cc([N+](=O)[O-])ccc1N1CCCC1. The Bertz CT molecular complexity index is 607. The minimum atomic E-state index is -0.519. The molecule has 24 heavy (non-hydrogen) atoms. The largest absolute Gasteiger partial charge is 0.459 e. The van der Waals surface area contributed by atoms with E-state index in [4.69, 9.17) is 9.47 Å². The Morgan fingerprint density at radius 2 is 2.08 bits per heavy atom. The van der Waals surface area contributed by atoms with Crippen LogP contribution in [0.4, 0.5) is 11.4 Å². The van der Waals surface area contributed by atoms with Gasteiger partial charge in [0.1, 0.15) is 6.61 Å². The molecule has 2 aliphatic heterocycles. The van der Waals surface area contributed by atoms with Crippen molar-refractivity contribution in [1.29, 1.82) is 0 Å². The number of hydrogen-bond donors (Lipinski definition) is 0. The van der Waals surface area contributed by atoms with Gasteiger partial charge in [0.2, 0.25) is 0 Å². The topological polar surface area (TPSA) is 81.9 Å². The molecule has 2 fully saturated rings. The zero-order chi connectivity index (χ0) is 16.9. The lowest BCUT2D eigenvalue weighted by Crippen LogP contribution is -2.27. The Hall–Kier alpha value is -2.15. The van der Waals surface area contributed by atoms with E-state index in [1.807, 2.05) is 0 Å². The van der Waals surface area contributed by atoms with Gasteiger partial charge >= 0.3 is 5.97 Å². The molecule has 2 aliphatic rings. The van der Waals surface area contributed by atoms with E-state index in [1.54, 1.807) is 6.07 Å². The van der Waals surface area contributed by atoms with Crippen LogP contribution in [-0.4, -0.2) is 43.3 Å². The van der Waals surface area contributed by atoms with Crippen LogP contribution in [0.3, 0.4) is 0 Å². The van der Waals surface area contributed by atoms with E-state index in [1.165, 1.54) is 12.1 Å². The fourth-order valence-corrected chi connectivity index (χ4v) is 3.22. The third-order valence-corrected chi connectivity index (χ3v) is 4.53. The van der Waals surface area contributed by atoms with Gasteiger partial charge in [-0.2, -0.15) is 0 Å². The number of nitro benzene ring substituents is 1. The lowest BCUT2D eigenvalue weighted by Gasteiger charge is -2.23. The summed E-state index contributed by atoms with van der Waals surface area (Å²) in [7, 11) is 0. The van der Waals surface area contributed by atoms with Gasteiger partial charge in [-0.3, -0.25) is 10.1 Å². The Balaban J connectivity index is 1.76. The van der Waals surface area contributed by atoms with Crippen molar-refractivity contribution in [1.82, 2.24) is 0 Å². The van der Waals surface area contributed by atoms with E-state index in [2.05, 4.69) is 4.90 Å². The number of non-ortho nitro benzene ring substituents is 1. The Labute approximate surface area is 140 Å². The minimum absolute atomic E-state index is 0.0726. The standard InChI is InChI=1S/C17H22N2O5/c20-17(24-12-14-5-1-4-10-23-14)15-11-13(19(21)22)6-7-16(15)18-8-2-3-9-18/h6-7,11,14H,1-5,8-10,12H2/t14-/m1/s1. The van der Waals surface area contributed by atoms with Gasteiger partial charge in [0.15, 0.2) is 0 Å². The lowest BCUT2D eigenvalue weighted by molar-refractivity contribution is -0.384. The summed E-state index contributed by atoms with van der Waals surface area (Å²) in [6.45, 7) is 2.59. The van der Waals surface area contributed by atoms with Gasteiger partial charge in [0.05, 0.1) is 22.3 Å². The number of carbonyl (C=O) groups excluding carboxylic acids is 1. The van der Waals surface area contributed by atoms with Crippen LogP contribution < -0.4 is 4.90 Å². The number of nitro groups is 1.